The van der Waals surface area contributed by atoms with Crippen molar-refractivity contribution < 1.29 is 14.3 Å². The van der Waals surface area contributed by atoms with Gasteiger partial charge in [-0.15, -0.1) is 0 Å². The second-order valence-electron chi connectivity index (χ2n) is 6.14. The monoisotopic (exact) mass is 372 g/mol. The highest BCUT2D eigenvalue weighted by Crippen LogP contribution is 2.30. The van der Waals surface area contributed by atoms with Gasteiger partial charge in [-0.25, -0.2) is 0 Å². The average Bonchev–Trinajstić information content (AvgIpc) is 2.66. The Morgan fingerprint density at radius 2 is 1.96 bits per heavy atom. The van der Waals surface area contributed by atoms with Crippen molar-refractivity contribution in [1.29, 1.82) is 0 Å². The van der Waals surface area contributed by atoms with Gasteiger partial charge in [-0.2, -0.15) is 0 Å². The molecule has 1 heterocycles. The van der Waals surface area contributed by atoms with Gasteiger partial charge in [0.25, 0.3) is 5.91 Å². The van der Waals surface area contributed by atoms with Crippen LogP contribution in [0.25, 0.3) is 0 Å². The number of ether oxygens (including phenoxy) is 1. The summed E-state index contributed by atoms with van der Waals surface area (Å²) in [6, 6.07) is 12.5. The molecule has 0 saturated carbocycles. The van der Waals surface area contributed by atoms with E-state index in [0.29, 0.717) is 22.9 Å². The highest BCUT2D eigenvalue weighted by atomic mass is 35.5. The lowest BCUT2D eigenvalue weighted by Crippen LogP contribution is -2.34. The molecule has 1 aliphatic heterocycles. The van der Waals surface area contributed by atoms with E-state index in [4.69, 9.17) is 16.3 Å². The van der Waals surface area contributed by atoms with Gasteiger partial charge >= 0.3 is 0 Å². The third-order valence-corrected chi connectivity index (χ3v) is 4.52. The van der Waals surface area contributed by atoms with Crippen molar-refractivity contribution in [2.75, 3.05) is 23.4 Å². The van der Waals surface area contributed by atoms with Crippen LogP contribution in [0.2, 0.25) is 5.02 Å². The number of fused-ring (bicyclic) bond motifs is 1. The lowest BCUT2D eigenvalue weighted by molar-refractivity contribution is -0.119. The van der Waals surface area contributed by atoms with Gasteiger partial charge in [0.1, 0.15) is 5.75 Å². The van der Waals surface area contributed by atoms with Gasteiger partial charge in [0.15, 0.2) is 6.61 Å². The summed E-state index contributed by atoms with van der Waals surface area (Å²) in [5.41, 5.74) is 2.73. The molecule has 1 N–H and O–H groups in total. The van der Waals surface area contributed by atoms with E-state index in [9.17, 15) is 9.59 Å². The van der Waals surface area contributed by atoms with E-state index in [1.807, 2.05) is 30.0 Å². The molecule has 0 bridgehead atoms. The fourth-order valence-electron chi connectivity index (χ4n) is 3.00. The van der Waals surface area contributed by atoms with Gasteiger partial charge in [0, 0.05) is 29.4 Å². The number of anilines is 2. The molecule has 0 unspecified atom stereocenters. The Bertz CT molecular complexity index is 805. The zero-order valence-electron chi connectivity index (χ0n) is 14.6. The van der Waals surface area contributed by atoms with Gasteiger partial charge in [0.05, 0.1) is 0 Å². The smallest absolute Gasteiger partial charge is 0.262 e. The number of halogens is 1. The number of amides is 2. The zero-order valence-corrected chi connectivity index (χ0v) is 15.4. The number of nitrogens with one attached hydrogen (secondary N) is 1. The SMILES string of the molecule is CCC(=O)N1CCCc2cc(NC(=O)COc3ccc(Cl)cc3)ccc21. The van der Waals surface area contributed by atoms with Crippen molar-refractivity contribution >= 4 is 34.8 Å². The summed E-state index contributed by atoms with van der Waals surface area (Å²) in [5, 5.41) is 3.46. The van der Waals surface area contributed by atoms with Crippen molar-refractivity contribution in [1.82, 2.24) is 0 Å². The van der Waals surface area contributed by atoms with Crippen LogP contribution in [-0.4, -0.2) is 25.0 Å². The predicted molar refractivity (Wildman–Crippen MR) is 103 cm³/mol. The summed E-state index contributed by atoms with van der Waals surface area (Å²) in [4.78, 5) is 26.0. The summed E-state index contributed by atoms with van der Waals surface area (Å²) in [6.45, 7) is 2.53. The van der Waals surface area contributed by atoms with E-state index < -0.39 is 0 Å². The first kappa shape index (κ1) is 18.3. The number of hydrogen-bond donors (Lipinski definition) is 1. The molecule has 26 heavy (non-hydrogen) atoms. The third-order valence-electron chi connectivity index (χ3n) is 4.27. The minimum absolute atomic E-state index is 0.0842. The quantitative estimate of drug-likeness (QED) is 0.861. The number of carbonyl (C=O) groups is 2. The molecule has 0 aliphatic carbocycles. The maximum absolute atomic E-state index is 12.1. The second kappa shape index (κ2) is 8.23. The number of hydrogen-bond acceptors (Lipinski definition) is 3. The highest BCUT2D eigenvalue weighted by Gasteiger charge is 2.21. The molecular formula is C20H21ClN2O3. The number of benzene rings is 2. The molecule has 0 spiro atoms. The molecule has 0 atom stereocenters. The number of nitrogens with zero attached hydrogens (tertiary/aromatic N) is 1. The largest absolute Gasteiger partial charge is 0.484 e. The molecule has 2 aromatic carbocycles. The minimum atomic E-state index is -0.239. The van der Waals surface area contributed by atoms with Crippen LogP contribution >= 0.6 is 11.6 Å². The van der Waals surface area contributed by atoms with Crippen LogP contribution in [0, 0.1) is 0 Å². The molecule has 6 heteroatoms. The van der Waals surface area contributed by atoms with Gasteiger partial charge in [-0.05, 0) is 60.9 Å². The molecule has 0 fully saturated rings. The Kier molecular flexibility index (Phi) is 5.78. The Morgan fingerprint density at radius 1 is 1.19 bits per heavy atom. The first-order valence-corrected chi connectivity index (χ1v) is 9.06. The van der Waals surface area contributed by atoms with Crippen molar-refractivity contribution in [2.24, 2.45) is 0 Å². The third kappa shape index (κ3) is 4.35. The van der Waals surface area contributed by atoms with Gasteiger partial charge in [0.2, 0.25) is 5.91 Å². The summed E-state index contributed by atoms with van der Waals surface area (Å²) in [7, 11) is 0. The zero-order chi connectivity index (χ0) is 18.5. The lowest BCUT2D eigenvalue weighted by atomic mass is 10.0. The molecule has 3 rings (SSSR count). The van der Waals surface area contributed by atoms with Crippen molar-refractivity contribution in [3.05, 3.63) is 53.1 Å². The second-order valence-corrected chi connectivity index (χ2v) is 6.57. The van der Waals surface area contributed by atoms with Crippen molar-refractivity contribution in [3.8, 4) is 5.75 Å². The van der Waals surface area contributed by atoms with E-state index in [1.165, 1.54) is 0 Å². The summed E-state index contributed by atoms with van der Waals surface area (Å²) >= 11 is 5.82. The lowest BCUT2D eigenvalue weighted by Gasteiger charge is -2.29. The van der Waals surface area contributed by atoms with Crippen LogP contribution < -0.4 is 15.0 Å². The van der Waals surface area contributed by atoms with E-state index in [2.05, 4.69) is 5.32 Å². The highest BCUT2D eigenvalue weighted by molar-refractivity contribution is 6.30. The van der Waals surface area contributed by atoms with Crippen molar-refractivity contribution in [3.63, 3.8) is 0 Å². The summed E-state index contributed by atoms with van der Waals surface area (Å²) in [5.74, 6) is 0.472. The molecule has 5 nitrogen and oxygen atoms in total. The van der Waals surface area contributed by atoms with Crippen LogP contribution in [-0.2, 0) is 16.0 Å². The van der Waals surface area contributed by atoms with Gasteiger partial charge < -0.3 is 15.0 Å². The van der Waals surface area contributed by atoms with Crippen LogP contribution in [0.4, 0.5) is 11.4 Å². The fraction of sp³-hybridized carbons (Fsp3) is 0.300. The summed E-state index contributed by atoms with van der Waals surface area (Å²) < 4.78 is 5.45. The normalized spacial score (nSPS) is 13.1. The first-order valence-electron chi connectivity index (χ1n) is 8.68. The molecule has 0 saturated heterocycles. The average molecular weight is 373 g/mol. The maximum Gasteiger partial charge on any atom is 0.262 e. The standard InChI is InChI=1S/C20H21ClN2O3/c1-2-20(25)23-11-3-4-14-12-16(7-10-18(14)23)22-19(24)13-26-17-8-5-15(21)6-9-17/h5-10,12H,2-4,11,13H2,1H3,(H,22,24). The molecule has 0 radical (unpaired) electrons. The van der Waals surface area contributed by atoms with Crippen LogP contribution in [0.1, 0.15) is 25.3 Å². The molecule has 2 aromatic rings. The summed E-state index contributed by atoms with van der Waals surface area (Å²) in [6.07, 6.45) is 2.31. The Hall–Kier alpha value is -2.53. The van der Waals surface area contributed by atoms with E-state index >= 15 is 0 Å². The number of rotatable bonds is 5. The van der Waals surface area contributed by atoms with E-state index in [0.717, 1.165) is 30.6 Å². The molecule has 0 aromatic heterocycles. The number of aryl methyl sites for hydroxylation is 1. The Morgan fingerprint density at radius 3 is 2.69 bits per heavy atom. The Balaban J connectivity index is 1.62. The van der Waals surface area contributed by atoms with Crippen molar-refractivity contribution in [2.45, 2.75) is 26.2 Å². The van der Waals surface area contributed by atoms with Crippen LogP contribution in [0.5, 0.6) is 5.75 Å². The topological polar surface area (TPSA) is 58.6 Å². The molecule has 136 valence electrons. The van der Waals surface area contributed by atoms with Crippen LogP contribution in [0.15, 0.2) is 42.5 Å². The molecule has 1 aliphatic rings. The Labute approximate surface area is 157 Å². The maximum atomic E-state index is 12.1. The van der Waals surface area contributed by atoms with E-state index in [-0.39, 0.29) is 18.4 Å². The molecule has 2 amide bonds. The predicted octanol–water partition coefficient (Wildman–Crippen LogP) is 4.05. The minimum Gasteiger partial charge on any atom is -0.484 e. The van der Waals surface area contributed by atoms with Crippen LogP contribution in [0.3, 0.4) is 0 Å². The number of carbonyl (C=O) groups excluding carboxylic acids is 2. The first-order chi connectivity index (χ1) is 12.6. The van der Waals surface area contributed by atoms with E-state index in [1.54, 1.807) is 24.3 Å². The van der Waals surface area contributed by atoms with Gasteiger partial charge in [-0.1, -0.05) is 18.5 Å². The van der Waals surface area contributed by atoms with Gasteiger partial charge in [-0.3, -0.25) is 9.59 Å². The fourth-order valence-corrected chi connectivity index (χ4v) is 3.13. The molecular weight excluding hydrogens is 352 g/mol.